The minimum absolute atomic E-state index is 0.220. The van der Waals surface area contributed by atoms with Gasteiger partial charge in [0.1, 0.15) is 5.75 Å². The molecule has 4 aromatic carbocycles. The molecule has 176 valence electrons. The van der Waals surface area contributed by atoms with Gasteiger partial charge in [0.2, 0.25) is 0 Å². The Morgan fingerprint density at radius 2 is 1.43 bits per heavy atom. The molecule has 0 aromatic heterocycles. The second-order valence-corrected chi connectivity index (χ2v) is 9.39. The fourth-order valence-corrected chi connectivity index (χ4v) is 5.34. The fourth-order valence-electron chi connectivity index (χ4n) is 5.34. The quantitative estimate of drug-likeness (QED) is 0.297. The Labute approximate surface area is 207 Å². The third kappa shape index (κ3) is 5.46. The van der Waals surface area contributed by atoms with Gasteiger partial charge < -0.3 is 9.84 Å². The van der Waals surface area contributed by atoms with E-state index in [1.54, 1.807) is 0 Å². The Hall–Kier alpha value is -3.85. The van der Waals surface area contributed by atoms with E-state index in [1.165, 1.54) is 33.4 Å². The van der Waals surface area contributed by atoms with Crippen LogP contribution in [-0.2, 0) is 24.1 Å². The number of benzene rings is 4. The van der Waals surface area contributed by atoms with Gasteiger partial charge in [0.05, 0.1) is 0 Å². The summed E-state index contributed by atoms with van der Waals surface area (Å²) in [6, 6.07) is 36.6. The van der Waals surface area contributed by atoms with Gasteiger partial charge in [-0.2, -0.15) is 0 Å². The highest BCUT2D eigenvalue weighted by Crippen LogP contribution is 2.35. The zero-order chi connectivity index (χ0) is 24.0. The van der Waals surface area contributed by atoms with Crippen LogP contribution in [0.5, 0.6) is 5.75 Å². The third-order valence-corrected chi connectivity index (χ3v) is 7.00. The SMILES string of the molecule is O=C(O)COc1cccc2c1CCC(Cc1ccc(C(c3ccccc3)c3ccccc3)cc1)C2. The zero-order valence-corrected chi connectivity index (χ0v) is 19.8. The number of carboxylic acid groups (broad SMARTS) is 1. The zero-order valence-electron chi connectivity index (χ0n) is 19.8. The van der Waals surface area contributed by atoms with Crippen molar-refractivity contribution in [2.45, 2.75) is 31.6 Å². The molecule has 0 saturated heterocycles. The molecule has 3 heteroatoms. The first-order valence-corrected chi connectivity index (χ1v) is 12.3. The molecule has 0 amide bonds. The normalized spacial score (nSPS) is 14.9. The van der Waals surface area contributed by atoms with Crippen molar-refractivity contribution >= 4 is 5.97 Å². The number of ether oxygens (including phenoxy) is 1. The lowest BCUT2D eigenvalue weighted by Gasteiger charge is -2.26. The van der Waals surface area contributed by atoms with Crippen molar-refractivity contribution in [3.05, 3.63) is 137 Å². The van der Waals surface area contributed by atoms with Gasteiger partial charge in [-0.25, -0.2) is 4.79 Å². The fraction of sp³-hybridized carbons (Fsp3) is 0.219. The highest BCUT2D eigenvalue weighted by Gasteiger charge is 2.22. The van der Waals surface area contributed by atoms with Gasteiger partial charge in [0.15, 0.2) is 6.61 Å². The van der Waals surface area contributed by atoms with E-state index in [4.69, 9.17) is 9.84 Å². The van der Waals surface area contributed by atoms with Crippen molar-refractivity contribution in [2.24, 2.45) is 5.92 Å². The third-order valence-electron chi connectivity index (χ3n) is 7.00. The monoisotopic (exact) mass is 462 g/mol. The number of aliphatic carboxylic acids is 1. The number of hydrogen-bond acceptors (Lipinski definition) is 2. The Bertz CT molecular complexity index is 1220. The van der Waals surface area contributed by atoms with Crippen LogP contribution in [0.4, 0.5) is 0 Å². The summed E-state index contributed by atoms with van der Waals surface area (Å²) >= 11 is 0. The van der Waals surface area contributed by atoms with Gasteiger partial charge in [-0.1, -0.05) is 97.1 Å². The molecular formula is C32H30O3. The molecule has 3 nitrogen and oxygen atoms in total. The molecule has 0 fully saturated rings. The van der Waals surface area contributed by atoms with Crippen LogP contribution in [-0.4, -0.2) is 17.7 Å². The summed E-state index contributed by atoms with van der Waals surface area (Å²) in [5, 5.41) is 8.94. The van der Waals surface area contributed by atoms with E-state index < -0.39 is 5.97 Å². The largest absolute Gasteiger partial charge is 0.482 e. The molecule has 1 aliphatic rings. The van der Waals surface area contributed by atoms with Crippen molar-refractivity contribution in [3.8, 4) is 5.75 Å². The van der Waals surface area contributed by atoms with Crippen molar-refractivity contribution in [3.63, 3.8) is 0 Å². The molecule has 1 aliphatic carbocycles. The Kier molecular flexibility index (Phi) is 6.94. The summed E-state index contributed by atoms with van der Waals surface area (Å²) in [6.07, 6.45) is 4.05. The molecule has 0 spiro atoms. The van der Waals surface area contributed by atoms with Crippen LogP contribution in [0.2, 0.25) is 0 Å². The molecule has 0 heterocycles. The summed E-state index contributed by atoms with van der Waals surface area (Å²) < 4.78 is 5.53. The van der Waals surface area contributed by atoms with Crippen LogP contribution in [0.15, 0.2) is 103 Å². The lowest BCUT2D eigenvalue weighted by molar-refractivity contribution is -0.139. The summed E-state index contributed by atoms with van der Waals surface area (Å²) in [5.74, 6) is 0.571. The van der Waals surface area contributed by atoms with Crippen LogP contribution in [0.3, 0.4) is 0 Å². The van der Waals surface area contributed by atoms with Gasteiger partial charge in [0, 0.05) is 5.92 Å². The van der Waals surface area contributed by atoms with Gasteiger partial charge in [-0.3, -0.25) is 0 Å². The molecule has 1 unspecified atom stereocenters. The second kappa shape index (κ2) is 10.6. The molecule has 0 radical (unpaired) electrons. The van der Waals surface area contributed by atoms with E-state index in [0.717, 1.165) is 31.4 Å². The summed E-state index contributed by atoms with van der Waals surface area (Å²) in [5.41, 5.74) is 7.73. The van der Waals surface area contributed by atoms with Crippen LogP contribution in [0.1, 0.15) is 45.7 Å². The van der Waals surface area contributed by atoms with E-state index in [2.05, 4.69) is 91.0 Å². The maximum atomic E-state index is 10.9. The van der Waals surface area contributed by atoms with Crippen molar-refractivity contribution < 1.29 is 14.6 Å². The molecule has 0 bridgehead atoms. The van der Waals surface area contributed by atoms with Crippen LogP contribution >= 0.6 is 0 Å². The lowest BCUT2D eigenvalue weighted by atomic mass is 9.80. The topological polar surface area (TPSA) is 46.5 Å². The van der Waals surface area contributed by atoms with E-state index in [0.29, 0.717) is 5.92 Å². The van der Waals surface area contributed by atoms with Crippen LogP contribution in [0, 0.1) is 5.92 Å². The standard InChI is InChI=1S/C32H30O3/c33-31(34)22-35-30-13-7-12-28-21-24(16-19-29(28)30)20-23-14-17-27(18-15-23)32(25-8-3-1-4-9-25)26-10-5-2-6-11-26/h1-15,17-18,24,32H,16,19-22H2,(H,33,34). The first kappa shape index (κ1) is 22.9. The molecule has 0 aliphatic heterocycles. The summed E-state index contributed by atoms with van der Waals surface area (Å²) in [4.78, 5) is 10.9. The molecule has 35 heavy (non-hydrogen) atoms. The smallest absolute Gasteiger partial charge is 0.341 e. The van der Waals surface area contributed by atoms with Crippen molar-refractivity contribution in [1.82, 2.24) is 0 Å². The molecular weight excluding hydrogens is 432 g/mol. The summed E-state index contributed by atoms with van der Waals surface area (Å²) in [6.45, 7) is -0.292. The lowest BCUT2D eigenvalue weighted by Crippen LogP contribution is -2.18. The number of fused-ring (bicyclic) bond motifs is 1. The average Bonchev–Trinajstić information content (AvgIpc) is 2.90. The average molecular weight is 463 g/mol. The van der Waals surface area contributed by atoms with E-state index in [9.17, 15) is 4.79 Å². The highest BCUT2D eigenvalue weighted by atomic mass is 16.5. The first-order chi connectivity index (χ1) is 17.2. The Balaban J connectivity index is 1.31. The second-order valence-electron chi connectivity index (χ2n) is 9.39. The number of carboxylic acids is 1. The minimum atomic E-state index is -0.943. The number of hydrogen-bond donors (Lipinski definition) is 1. The maximum absolute atomic E-state index is 10.9. The number of rotatable bonds is 8. The van der Waals surface area contributed by atoms with E-state index >= 15 is 0 Å². The van der Waals surface area contributed by atoms with E-state index in [-0.39, 0.29) is 12.5 Å². The number of carbonyl (C=O) groups is 1. The predicted octanol–water partition coefficient (Wildman–Crippen LogP) is 6.68. The van der Waals surface area contributed by atoms with Gasteiger partial charge >= 0.3 is 5.97 Å². The first-order valence-electron chi connectivity index (χ1n) is 12.3. The molecule has 4 aromatic rings. The summed E-state index contributed by atoms with van der Waals surface area (Å²) in [7, 11) is 0. The van der Waals surface area contributed by atoms with Crippen molar-refractivity contribution in [2.75, 3.05) is 6.61 Å². The van der Waals surface area contributed by atoms with Gasteiger partial charge in [-0.05, 0) is 71.0 Å². The van der Waals surface area contributed by atoms with Crippen molar-refractivity contribution in [1.29, 1.82) is 0 Å². The minimum Gasteiger partial charge on any atom is -0.482 e. The highest BCUT2D eigenvalue weighted by molar-refractivity contribution is 5.68. The predicted molar refractivity (Wildman–Crippen MR) is 139 cm³/mol. The Morgan fingerprint density at radius 3 is 2.06 bits per heavy atom. The Morgan fingerprint density at radius 1 is 0.800 bits per heavy atom. The molecule has 1 atom stereocenters. The molecule has 5 rings (SSSR count). The van der Waals surface area contributed by atoms with Crippen LogP contribution < -0.4 is 4.74 Å². The molecule has 0 saturated carbocycles. The van der Waals surface area contributed by atoms with Gasteiger partial charge in [0.25, 0.3) is 0 Å². The van der Waals surface area contributed by atoms with Gasteiger partial charge in [-0.15, -0.1) is 0 Å². The van der Waals surface area contributed by atoms with E-state index in [1.807, 2.05) is 12.1 Å². The van der Waals surface area contributed by atoms with Crippen LogP contribution in [0.25, 0.3) is 0 Å². The maximum Gasteiger partial charge on any atom is 0.341 e. The molecule has 1 N–H and O–H groups in total.